The Hall–Kier alpha value is -1.26. The second-order valence-corrected chi connectivity index (χ2v) is 2.04. The molecule has 11 heavy (non-hydrogen) atoms. The molecule has 0 saturated heterocycles. The molecule has 0 saturated carbocycles. The zero-order chi connectivity index (χ0) is 8.69. The summed E-state index contributed by atoms with van der Waals surface area (Å²) in [5.41, 5.74) is 5.00. The van der Waals surface area contributed by atoms with Crippen molar-refractivity contribution in [1.82, 2.24) is 10.6 Å². The van der Waals surface area contributed by atoms with Gasteiger partial charge in [0.25, 0.3) is 0 Å². The number of carbonyl (C=O) groups is 1. The summed E-state index contributed by atoms with van der Waals surface area (Å²) in [4.78, 5) is 10.6. The van der Waals surface area contributed by atoms with E-state index >= 15 is 0 Å². The first-order valence-corrected chi connectivity index (χ1v) is 3.51. The van der Waals surface area contributed by atoms with Gasteiger partial charge in [0, 0.05) is 19.5 Å². The van der Waals surface area contributed by atoms with Gasteiger partial charge in [0.15, 0.2) is 5.96 Å². The zero-order valence-electron chi connectivity index (χ0n) is 6.61. The minimum atomic E-state index is -0.0734. The molecule has 0 rings (SSSR count). The first-order valence-electron chi connectivity index (χ1n) is 3.51. The second kappa shape index (κ2) is 5.52. The Kier molecular flexibility index (Phi) is 4.89. The highest BCUT2D eigenvalue weighted by Gasteiger charge is 1.93. The Morgan fingerprint density at radius 3 is 2.45 bits per heavy atom. The molecule has 0 aliphatic carbocycles. The normalized spacial score (nSPS) is 8.82. The SMILES string of the molecule is CCC(=O)NCCNC(=N)N. The molecule has 64 valence electrons. The van der Waals surface area contributed by atoms with Gasteiger partial charge in [-0.3, -0.25) is 10.2 Å². The largest absolute Gasteiger partial charge is 0.370 e. The highest BCUT2D eigenvalue weighted by molar-refractivity contribution is 5.76. The van der Waals surface area contributed by atoms with Crippen LogP contribution in [0.3, 0.4) is 0 Å². The van der Waals surface area contributed by atoms with Gasteiger partial charge < -0.3 is 16.4 Å². The van der Waals surface area contributed by atoms with Crippen molar-refractivity contribution in [2.24, 2.45) is 5.73 Å². The lowest BCUT2D eigenvalue weighted by Crippen LogP contribution is -2.37. The van der Waals surface area contributed by atoms with E-state index in [1.165, 1.54) is 0 Å². The second-order valence-electron chi connectivity index (χ2n) is 2.04. The molecule has 5 nitrogen and oxygen atoms in total. The van der Waals surface area contributed by atoms with Crippen molar-refractivity contribution >= 4 is 11.9 Å². The summed E-state index contributed by atoms with van der Waals surface area (Å²) in [6.07, 6.45) is 0.486. The highest BCUT2D eigenvalue weighted by Crippen LogP contribution is 1.72. The molecule has 5 heteroatoms. The van der Waals surface area contributed by atoms with Crippen LogP contribution in [0.25, 0.3) is 0 Å². The number of hydrogen-bond acceptors (Lipinski definition) is 2. The van der Waals surface area contributed by atoms with E-state index < -0.39 is 0 Å². The topological polar surface area (TPSA) is 91.0 Å². The van der Waals surface area contributed by atoms with Crippen LogP contribution >= 0.6 is 0 Å². The van der Waals surface area contributed by atoms with Gasteiger partial charge in [-0.05, 0) is 0 Å². The Bertz CT molecular complexity index is 146. The molecule has 0 bridgehead atoms. The van der Waals surface area contributed by atoms with E-state index in [4.69, 9.17) is 11.1 Å². The molecule has 5 N–H and O–H groups in total. The number of amides is 1. The highest BCUT2D eigenvalue weighted by atomic mass is 16.1. The van der Waals surface area contributed by atoms with E-state index in [-0.39, 0.29) is 11.9 Å². The third-order valence-corrected chi connectivity index (χ3v) is 1.08. The molecule has 0 aromatic heterocycles. The van der Waals surface area contributed by atoms with E-state index in [0.717, 1.165) is 0 Å². The third-order valence-electron chi connectivity index (χ3n) is 1.08. The number of guanidine groups is 1. The lowest BCUT2D eigenvalue weighted by Gasteiger charge is -2.04. The van der Waals surface area contributed by atoms with E-state index in [9.17, 15) is 4.79 Å². The smallest absolute Gasteiger partial charge is 0.219 e. The van der Waals surface area contributed by atoms with Gasteiger partial charge >= 0.3 is 0 Å². The monoisotopic (exact) mass is 158 g/mol. The maximum absolute atomic E-state index is 10.6. The van der Waals surface area contributed by atoms with Crippen molar-refractivity contribution in [2.75, 3.05) is 13.1 Å². The van der Waals surface area contributed by atoms with E-state index in [0.29, 0.717) is 19.5 Å². The molecule has 0 heterocycles. The number of hydrogen-bond donors (Lipinski definition) is 4. The summed E-state index contributed by atoms with van der Waals surface area (Å²) in [6.45, 7) is 2.79. The van der Waals surface area contributed by atoms with Crippen molar-refractivity contribution in [3.05, 3.63) is 0 Å². The minimum Gasteiger partial charge on any atom is -0.370 e. The fraction of sp³-hybridized carbons (Fsp3) is 0.667. The maximum atomic E-state index is 10.6. The van der Waals surface area contributed by atoms with Crippen LogP contribution in [0.15, 0.2) is 0 Å². The van der Waals surface area contributed by atoms with Gasteiger partial charge in [-0.1, -0.05) is 6.92 Å². The van der Waals surface area contributed by atoms with Gasteiger partial charge in [-0.2, -0.15) is 0 Å². The van der Waals surface area contributed by atoms with Crippen molar-refractivity contribution in [1.29, 1.82) is 5.41 Å². The van der Waals surface area contributed by atoms with Crippen LogP contribution in [-0.4, -0.2) is 25.0 Å². The Morgan fingerprint density at radius 2 is 2.00 bits per heavy atom. The first kappa shape index (κ1) is 9.74. The first-order chi connectivity index (χ1) is 5.16. The molecular weight excluding hydrogens is 144 g/mol. The summed E-state index contributed by atoms with van der Waals surface area (Å²) in [5, 5.41) is 12.0. The molecule has 1 amide bonds. The molecule has 0 aromatic carbocycles. The average molecular weight is 158 g/mol. The van der Waals surface area contributed by atoms with Crippen LogP contribution in [0.5, 0.6) is 0 Å². The van der Waals surface area contributed by atoms with Crippen molar-refractivity contribution in [3.63, 3.8) is 0 Å². The molecule has 0 spiro atoms. The predicted octanol–water partition coefficient (Wildman–Crippen LogP) is -1.00. The quantitative estimate of drug-likeness (QED) is 0.240. The Labute approximate surface area is 65.9 Å². The maximum Gasteiger partial charge on any atom is 0.219 e. The van der Waals surface area contributed by atoms with E-state index in [1.807, 2.05) is 0 Å². The molecular formula is C6H14N4O. The minimum absolute atomic E-state index is 0.00959. The number of nitrogens with one attached hydrogen (secondary N) is 3. The standard InChI is InChI=1S/C6H14N4O/c1-2-5(11)9-3-4-10-6(7)8/h2-4H2,1H3,(H,9,11)(H4,7,8,10). The van der Waals surface area contributed by atoms with Crippen LogP contribution in [0.1, 0.15) is 13.3 Å². The van der Waals surface area contributed by atoms with Crippen molar-refractivity contribution in [3.8, 4) is 0 Å². The molecule has 0 aliphatic heterocycles. The lowest BCUT2D eigenvalue weighted by atomic mass is 10.4. The molecule has 0 atom stereocenters. The third kappa shape index (κ3) is 6.63. The summed E-state index contributed by atoms with van der Waals surface area (Å²) in [7, 11) is 0. The van der Waals surface area contributed by atoms with Gasteiger partial charge in [-0.25, -0.2) is 0 Å². The Balaban J connectivity index is 3.14. The molecule has 0 radical (unpaired) electrons. The van der Waals surface area contributed by atoms with Gasteiger partial charge in [-0.15, -0.1) is 0 Å². The fourth-order valence-corrected chi connectivity index (χ4v) is 0.524. The van der Waals surface area contributed by atoms with Crippen LogP contribution in [0.4, 0.5) is 0 Å². The summed E-state index contributed by atoms with van der Waals surface area (Å²) in [6, 6.07) is 0. The van der Waals surface area contributed by atoms with Gasteiger partial charge in [0.1, 0.15) is 0 Å². The fourth-order valence-electron chi connectivity index (χ4n) is 0.524. The molecule has 0 fully saturated rings. The molecule has 0 aromatic rings. The van der Waals surface area contributed by atoms with Crippen LogP contribution < -0.4 is 16.4 Å². The summed E-state index contributed by atoms with van der Waals surface area (Å²) in [5.74, 6) is -0.0638. The van der Waals surface area contributed by atoms with Crippen molar-refractivity contribution < 1.29 is 4.79 Å². The van der Waals surface area contributed by atoms with Crippen molar-refractivity contribution in [2.45, 2.75) is 13.3 Å². The molecule has 0 aliphatic rings. The van der Waals surface area contributed by atoms with Crippen LogP contribution in [-0.2, 0) is 4.79 Å². The van der Waals surface area contributed by atoms with E-state index in [1.54, 1.807) is 6.92 Å². The number of nitrogens with two attached hydrogens (primary N) is 1. The predicted molar refractivity (Wildman–Crippen MR) is 43.2 cm³/mol. The van der Waals surface area contributed by atoms with Gasteiger partial charge in [0.05, 0.1) is 0 Å². The Morgan fingerprint density at radius 1 is 1.45 bits per heavy atom. The van der Waals surface area contributed by atoms with Crippen LogP contribution in [0.2, 0.25) is 0 Å². The molecule has 0 unspecified atom stereocenters. The number of carbonyl (C=O) groups excluding carboxylic acids is 1. The summed E-state index contributed by atoms with van der Waals surface area (Å²) >= 11 is 0. The van der Waals surface area contributed by atoms with Gasteiger partial charge in [0.2, 0.25) is 5.91 Å². The lowest BCUT2D eigenvalue weighted by molar-refractivity contribution is -0.120. The zero-order valence-corrected chi connectivity index (χ0v) is 6.61. The average Bonchev–Trinajstić information content (AvgIpc) is 1.97. The number of rotatable bonds is 4. The van der Waals surface area contributed by atoms with E-state index in [2.05, 4.69) is 10.6 Å². The van der Waals surface area contributed by atoms with Crippen LogP contribution in [0, 0.1) is 5.41 Å². The summed E-state index contributed by atoms with van der Waals surface area (Å²) < 4.78 is 0.